The third-order valence-corrected chi connectivity index (χ3v) is 4.53. The van der Waals surface area contributed by atoms with Crippen molar-refractivity contribution in [1.82, 2.24) is 4.90 Å². The second kappa shape index (κ2) is 5.55. The molecule has 1 saturated heterocycles. The Hall–Kier alpha value is -1.00. The lowest BCUT2D eigenvalue weighted by Gasteiger charge is -2.36. The standard InChI is InChI=1S/C15H21NO2S/c1-11-4-5-12(19-3)10-13(11)14(17)16-8-6-15(2,18)7-9-16/h4-5,10,18H,6-9H2,1-3H3. The summed E-state index contributed by atoms with van der Waals surface area (Å²) in [6.07, 6.45) is 3.32. The molecule has 2 rings (SSSR count). The van der Waals surface area contributed by atoms with E-state index >= 15 is 0 Å². The van der Waals surface area contributed by atoms with Gasteiger partial charge in [-0.15, -0.1) is 11.8 Å². The van der Waals surface area contributed by atoms with E-state index in [4.69, 9.17) is 0 Å². The first-order chi connectivity index (χ1) is 8.93. The van der Waals surface area contributed by atoms with Gasteiger partial charge < -0.3 is 10.0 Å². The number of benzene rings is 1. The molecule has 0 radical (unpaired) electrons. The average molecular weight is 279 g/mol. The lowest BCUT2D eigenvalue weighted by Crippen LogP contribution is -2.45. The highest BCUT2D eigenvalue weighted by Gasteiger charge is 2.30. The highest BCUT2D eigenvalue weighted by Crippen LogP contribution is 2.25. The Labute approximate surface area is 119 Å². The summed E-state index contributed by atoms with van der Waals surface area (Å²) in [5, 5.41) is 9.94. The lowest BCUT2D eigenvalue weighted by atomic mass is 9.93. The van der Waals surface area contributed by atoms with Crippen LogP contribution >= 0.6 is 11.8 Å². The molecule has 0 bridgehead atoms. The molecule has 1 amide bonds. The Bertz CT molecular complexity index is 475. The van der Waals surface area contributed by atoms with Crippen molar-refractivity contribution in [3.8, 4) is 0 Å². The minimum Gasteiger partial charge on any atom is -0.390 e. The number of piperidine rings is 1. The Morgan fingerprint density at radius 1 is 1.37 bits per heavy atom. The number of carbonyl (C=O) groups is 1. The number of hydrogen-bond donors (Lipinski definition) is 1. The normalized spacial score (nSPS) is 18.4. The van der Waals surface area contributed by atoms with Crippen LogP contribution in [0.15, 0.2) is 23.1 Å². The molecule has 0 aliphatic carbocycles. The van der Waals surface area contributed by atoms with Gasteiger partial charge in [0.25, 0.3) is 5.91 Å². The van der Waals surface area contributed by atoms with Crippen LogP contribution < -0.4 is 0 Å². The summed E-state index contributed by atoms with van der Waals surface area (Å²) < 4.78 is 0. The van der Waals surface area contributed by atoms with E-state index in [9.17, 15) is 9.90 Å². The van der Waals surface area contributed by atoms with Crippen molar-refractivity contribution in [3.63, 3.8) is 0 Å². The van der Waals surface area contributed by atoms with Crippen molar-refractivity contribution in [1.29, 1.82) is 0 Å². The summed E-state index contributed by atoms with van der Waals surface area (Å²) in [5.41, 5.74) is 1.18. The van der Waals surface area contributed by atoms with Gasteiger partial charge in [-0.3, -0.25) is 4.79 Å². The molecule has 4 heteroatoms. The van der Waals surface area contributed by atoms with Gasteiger partial charge in [0, 0.05) is 23.5 Å². The zero-order valence-electron chi connectivity index (χ0n) is 11.8. The van der Waals surface area contributed by atoms with Crippen LogP contribution in [-0.4, -0.2) is 40.9 Å². The van der Waals surface area contributed by atoms with E-state index in [-0.39, 0.29) is 5.91 Å². The minimum atomic E-state index is -0.618. The molecule has 3 nitrogen and oxygen atoms in total. The number of hydrogen-bond acceptors (Lipinski definition) is 3. The number of aliphatic hydroxyl groups is 1. The lowest BCUT2D eigenvalue weighted by molar-refractivity contribution is -0.00204. The molecule has 1 fully saturated rings. The second-order valence-corrected chi connectivity index (χ2v) is 6.35. The van der Waals surface area contributed by atoms with Gasteiger partial charge in [-0.25, -0.2) is 0 Å². The fraction of sp³-hybridized carbons (Fsp3) is 0.533. The molecule has 1 aliphatic rings. The summed E-state index contributed by atoms with van der Waals surface area (Å²) in [4.78, 5) is 15.5. The first-order valence-corrected chi connectivity index (χ1v) is 7.82. The number of amides is 1. The molecular weight excluding hydrogens is 258 g/mol. The quantitative estimate of drug-likeness (QED) is 0.846. The van der Waals surface area contributed by atoms with Gasteiger partial charge in [0.15, 0.2) is 0 Å². The van der Waals surface area contributed by atoms with Crippen LogP contribution in [0.25, 0.3) is 0 Å². The monoisotopic (exact) mass is 279 g/mol. The van der Waals surface area contributed by atoms with Gasteiger partial charge in [-0.05, 0) is 50.6 Å². The van der Waals surface area contributed by atoms with E-state index in [2.05, 4.69) is 0 Å². The maximum Gasteiger partial charge on any atom is 0.254 e. The summed E-state index contributed by atoms with van der Waals surface area (Å²) in [6.45, 7) is 5.08. The van der Waals surface area contributed by atoms with Crippen molar-refractivity contribution in [2.75, 3.05) is 19.3 Å². The molecule has 0 saturated carbocycles. The number of thioether (sulfide) groups is 1. The van der Waals surface area contributed by atoms with Crippen LogP contribution in [0.1, 0.15) is 35.7 Å². The van der Waals surface area contributed by atoms with Crippen molar-refractivity contribution >= 4 is 17.7 Å². The molecular formula is C15H21NO2S. The molecule has 1 aromatic carbocycles. The zero-order chi connectivity index (χ0) is 14.0. The fourth-order valence-electron chi connectivity index (χ4n) is 2.32. The van der Waals surface area contributed by atoms with E-state index in [1.54, 1.807) is 11.8 Å². The number of carbonyl (C=O) groups excluding carboxylic acids is 1. The maximum absolute atomic E-state index is 12.5. The van der Waals surface area contributed by atoms with E-state index in [1.807, 2.05) is 43.2 Å². The van der Waals surface area contributed by atoms with Gasteiger partial charge in [0.2, 0.25) is 0 Å². The highest BCUT2D eigenvalue weighted by atomic mass is 32.2. The van der Waals surface area contributed by atoms with Crippen LogP contribution in [0.2, 0.25) is 0 Å². The van der Waals surface area contributed by atoms with E-state index < -0.39 is 5.60 Å². The van der Waals surface area contributed by atoms with Gasteiger partial charge in [0.1, 0.15) is 0 Å². The summed E-state index contributed by atoms with van der Waals surface area (Å²) in [7, 11) is 0. The molecule has 1 aromatic rings. The molecule has 1 aliphatic heterocycles. The summed E-state index contributed by atoms with van der Waals surface area (Å²) in [5.74, 6) is 0.0869. The van der Waals surface area contributed by atoms with E-state index in [1.165, 1.54) is 0 Å². The van der Waals surface area contributed by atoms with Gasteiger partial charge in [-0.1, -0.05) is 6.07 Å². The third kappa shape index (κ3) is 3.31. The minimum absolute atomic E-state index is 0.0869. The molecule has 104 valence electrons. The topological polar surface area (TPSA) is 40.5 Å². The molecule has 1 heterocycles. The van der Waals surface area contributed by atoms with Gasteiger partial charge in [0.05, 0.1) is 5.60 Å². The Balaban J connectivity index is 2.16. The zero-order valence-corrected chi connectivity index (χ0v) is 12.6. The number of rotatable bonds is 2. The number of nitrogens with zero attached hydrogens (tertiary/aromatic N) is 1. The molecule has 0 unspecified atom stereocenters. The van der Waals surface area contributed by atoms with Crippen LogP contribution in [-0.2, 0) is 0 Å². The number of likely N-dealkylation sites (tertiary alicyclic amines) is 1. The first kappa shape index (κ1) is 14.4. The predicted molar refractivity (Wildman–Crippen MR) is 78.7 cm³/mol. The molecule has 19 heavy (non-hydrogen) atoms. The second-order valence-electron chi connectivity index (χ2n) is 5.47. The van der Waals surface area contributed by atoms with Crippen LogP contribution in [0.5, 0.6) is 0 Å². The van der Waals surface area contributed by atoms with E-state index in [0.717, 1.165) is 16.0 Å². The molecule has 0 spiro atoms. The van der Waals surface area contributed by atoms with Crippen molar-refractivity contribution in [2.45, 2.75) is 37.2 Å². The van der Waals surface area contributed by atoms with Crippen molar-refractivity contribution < 1.29 is 9.90 Å². The largest absolute Gasteiger partial charge is 0.390 e. The van der Waals surface area contributed by atoms with Crippen molar-refractivity contribution in [3.05, 3.63) is 29.3 Å². The first-order valence-electron chi connectivity index (χ1n) is 6.59. The number of aryl methyl sites for hydroxylation is 1. The maximum atomic E-state index is 12.5. The highest BCUT2D eigenvalue weighted by molar-refractivity contribution is 7.98. The third-order valence-electron chi connectivity index (χ3n) is 3.80. The Morgan fingerprint density at radius 2 is 2.00 bits per heavy atom. The fourth-order valence-corrected chi connectivity index (χ4v) is 2.76. The van der Waals surface area contributed by atoms with Crippen LogP contribution in [0.3, 0.4) is 0 Å². The average Bonchev–Trinajstić information content (AvgIpc) is 2.38. The van der Waals surface area contributed by atoms with Gasteiger partial charge >= 0.3 is 0 Å². The summed E-state index contributed by atoms with van der Waals surface area (Å²) >= 11 is 1.64. The molecule has 0 atom stereocenters. The van der Waals surface area contributed by atoms with Gasteiger partial charge in [-0.2, -0.15) is 0 Å². The Morgan fingerprint density at radius 3 is 2.58 bits per heavy atom. The van der Waals surface area contributed by atoms with Crippen LogP contribution in [0, 0.1) is 6.92 Å². The molecule has 0 aromatic heterocycles. The molecule has 1 N–H and O–H groups in total. The Kier molecular flexibility index (Phi) is 4.21. The van der Waals surface area contributed by atoms with Crippen molar-refractivity contribution in [2.24, 2.45) is 0 Å². The summed E-state index contributed by atoms with van der Waals surface area (Å²) in [6, 6.07) is 6.01. The van der Waals surface area contributed by atoms with Crippen LogP contribution in [0.4, 0.5) is 0 Å². The van der Waals surface area contributed by atoms with E-state index in [0.29, 0.717) is 25.9 Å². The SMILES string of the molecule is CSc1ccc(C)c(C(=O)N2CCC(C)(O)CC2)c1. The smallest absolute Gasteiger partial charge is 0.254 e. The predicted octanol–water partition coefficient (Wildman–Crippen LogP) is 2.70.